The predicted molar refractivity (Wildman–Crippen MR) is 47.2 cm³/mol. The highest BCUT2D eigenvalue weighted by Crippen LogP contribution is 2.33. The molecular weight excluding hydrogens is 170 g/mol. The van der Waals surface area contributed by atoms with Crippen molar-refractivity contribution < 1.29 is 14.7 Å². The first-order chi connectivity index (χ1) is 6.10. The van der Waals surface area contributed by atoms with Crippen LogP contribution in [0.2, 0.25) is 0 Å². The van der Waals surface area contributed by atoms with Gasteiger partial charge in [0.1, 0.15) is 0 Å². The van der Waals surface area contributed by atoms with Crippen molar-refractivity contribution >= 4 is 11.9 Å². The number of carboxylic acid groups (broad SMARTS) is 1. The number of carboxylic acids is 1. The largest absolute Gasteiger partial charge is 0.481 e. The summed E-state index contributed by atoms with van der Waals surface area (Å²) in [5.41, 5.74) is -0.681. The molecule has 0 aromatic rings. The normalized spacial score (nSPS) is 29.2. The predicted octanol–water partition coefficient (Wildman–Crippen LogP) is 0.767. The minimum atomic E-state index is -0.772. The SMILES string of the molecule is CCC1(C(=O)O)CCNC(=O)CC1. The molecule has 1 saturated heterocycles. The van der Waals surface area contributed by atoms with Gasteiger partial charge >= 0.3 is 5.97 Å². The number of nitrogens with one attached hydrogen (secondary N) is 1. The van der Waals surface area contributed by atoms with Crippen LogP contribution in [-0.4, -0.2) is 23.5 Å². The molecule has 1 atom stereocenters. The minimum absolute atomic E-state index is 0.0309. The van der Waals surface area contributed by atoms with Crippen molar-refractivity contribution in [1.82, 2.24) is 5.32 Å². The van der Waals surface area contributed by atoms with Crippen LogP contribution >= 0.6 is 0 Å². The van der Waals surface area contributed by atoms with Crippen LogP contribution in [0.1, 0.15) is 32.6 Å². The molecular formula is C9H15NO3. The van der Waals surface area contributed by atoms with E-state index in [0.29, 0.717) is 32.2 Å². The number of rotatable bonds is 2. The molecule has 2 N–H and O–H groups in total. The molecule has 0 aliphatic carbocycles. The second kappa shape index (κ2) is 3.77. The number of amides is 1. The highest BCUT2D eigenvalue weighted by Gasteiger charge is 2.37. The molecule has 1 rings (SSSR count). The van der Waals surface area contributed by atoms with Gasteiger partial charge in [0.05, 0.1) is 5.41 Å². The number of carbonyl (C=O) groups is 2. The number of carbonyl (C=O) groups excluding carboxylic acids is 1. The third kappa shape index (κ3) is 1.99. The maximum absolute atomic E-state index is 11.0. The molecule has 13 heavy (non-hydrogen) atoms. The van der Waals surface area contributed by atoms with Crippen molar-refractivity contribution in [2.75, 3.05) is 6.54 Å². The maximum atomic E-state index is 11.0. The number of aliphatic carboxylic acids is 1. The van der Waals surface area contributed by atoms with Gasteiger partial charge in [-0.2, -0.15) is 0 Å². The van der Waals surface area contributed by atoms with Crippen LogP contribution in [0.5, 0.6) is 0 Å². The van der Waals surface area contributed by atoms with Gasteiger partial charge in [0, 0.05) is 13.0 Å². The van der Waals surface area contributed by atoms with Crippen molar-refractivity contribution in [3.63, 3.8) is 0 Å². The van der Waals surface area contributed by atoms with Crippen LogP contribution in [0.4, 0.5) is 0 Å². The average Bonchev–Trinajstić information content (AvgIpc) is 2.28. The van der Waals surface area contributed by atoms with Crippen LogP contribution < -0.4 is 5.32 Å². The smallest absolute Gasteiger partial charge is 0.309 e. The van der Waals surface area contributed by atoms with Gasteiger partial charge in [-0.1, -0.05) is 6.92 Å². The van der Waals surface area contributed by atoms with E-state index in [1.807, 2.05) is 6.92 Å². The lowest BCUT2D eigenvalue weighted by molar-refractivity contribution is -0.149. The van der Waals surface area contributed by atoms with Gasteiger partial charge in [-0.3, -0.25) is 9.59 Å². The van der Waals surface area contributed by atoms with Crippen LogP contribution in [0.25, 0.3) is 0 Å². The first-order valence-electron chi connectivity index (χ1n) is 4.61. The summed E-state index contributed by atoms with van der Waals surface area (Å²) in [6.45, 7) is 2.35. The molecule has 4 nitrogen and oxygen atoms in total. The summed E-state index contributed by atoms with van der Waals surface area (Å²) in [4.78, 5) is 22.0. The van der Waals surface area contributed by atoms with Crippen molar-refractivity contribution in [3.05, 3.63) is 0 Å². The van der Waals surface area contributed by atoms with E-state index in [9.17, 15) is 9.59 Å². The number of hydrogen-bond donors (Lipinski definition) is 2. The fourth-order valence-corrected chi connectivity index (χ4v) is 1.73. The van der Waals surface area contributed by atoms with E-state index in [2.05, 4.69) is 5.32 Å². The summed E-state index contributed by atoms with van der Waals surface area (Å²) in [6.07, 6.45) is 1.94. The number of hydrogen-bond acceptors (Lipinski definition) is 2. The van der Waals surface area contributed by atoms with Gasteiger partial charge in [-0.15, -0.1) is 0 Å². The fourth-order valence-electron chi connectivity index (χ4n) is 1.73. The molecule has 0 spiro atoms. The summed E-state index contributed by atoms with van der Waals surface area (Å²) in [7, 11) is 0. The monoisotopic (exact) mass is 185 g/mol. The zero-order valence-corrected chi connectivity index (χ0v) is 7.80. The van der Waals surface area contributed by atoms with Gasteiger partial charge in [0.25, 0.3) is 0 Å². The van der Waals surface area contributed by atoms with Crippen molar-refractivity contribution in [2.45, 2.75) is 32.6 Å². The summed E-state index contributed by atoms with van der Waals surface area (Å²) in [5.74, 6) is -0.803. The van der Waals surface area contributed by atoms with Crippen molar-refractivity contribution in [3.8, 4) is 0 Å². The molecule has 0 aromatic carbocycles. The average molecular weight is 185 g/mol. The molecule has 1 aliphatic rings. The van der Waals surface area contributed by atoms with Gasteiger partial charge in [-0.05, 0) is 19.3 Å². The zero-order valence-electron chi connectivity index (χ0n) is 7.80. The molecule has 1 aliphatic heterocycles. The van der Waals surface area contributed by atoms with E-state index < -0.39 is 11.4 Å². The highest BCUT2D eigenvalue weighted by molar-refractivity contribution is 5.80. The van der Waals surface area contributed by atoms with Crippen molar-refractivity contribution in [2.24, 2.45) is 5.41 Å². The summed E-state index contributed by atoms with van der Waals surface area (Å²) >= 11 is 0. The van der Waals surface area contributed by atoms with Crippen molar-refractivity contribution in [1.29, 1.82) is 0 Å². The van der Waals surface area contributed by atoms with Gasteiger partial charge in [0.15, 0.2) is 0 Å². The highest BCUT2D eigenvalue weighted by atomic mass is 16.4. The first-order valence-corrected chi connectivity index (χ1v) is 4.61. The Balaban J connectivity index is 2.75. The molecule has 0 aromatic heterocycles. The molecule has 0 bridgehead atoms. The lowest BCUT2D eigenvalue weighted by Crippen LogP contribution is -2.31. The Hall–Kier alpha value is -1.06. The second-order valence-electron chi connectivity index (χ2n) is 3.54. The Morgan fingerprint density at radius 1 is 1.62 bits per heavy atom. The minimum Gasteiger partial charge on any atom is -0.481 e. The third-order valence-corrected chi connectivity index (χ3v) is 2.89. The lowest BCUT2D eigenvalue weighted by atomic mass is 9.78. The fraction of sp³-hybridized carbons (Fsp3) is 0.778. The molecule has 0 saturated carbocycles. The maximum Gasteiger partial charge on any atom is 0.309 e. The standard InChI is InChI=1S/C9H15NO3/c1-2-9(8(12)13)4-3-7(11)10-6-5-9/h2-6H2,1H3,(H,10,11)(H,12,13). The summed E-state index contributed by atoms with van der Waals surface area (Å²) < 4.78 is 0. The third-order valence-electron chi connectivity index (χ3n) is 2.89. The molecule has 0 radical (unpaired) electrons. The molecule has 1 fully saturated rings. The Kier molecular flexibility index (Phi) is 2.90. The Morgan fingerprint density at radius 2 is 2.31 bits per heavy atom. The Morgan fingerprint density at radius 3 is 2.85 bits per heavy atom. The summed E-state index contributed by atoms with van der Waals surface area (Å²) in [6, 6.07) is 0. The van der Waals surface area contributed by atoms with Gasteiger partial charge in [-0.25, -0.2) is 0 Å². The van der Waals surface area contributed by atoms with E-state index in [0.717, 1.165) is 0 Å². The zero-order chi connectivity index (χ0) is 9.90. The quantitative estimate of drug-likeness (QED) is 0.667. The van der Waals surface area contributed by atoms with E-state index >= 15 is 0 Å². The first kappa shape index (κ1) is 10.0. The molecule has 1 amide bonds. The molecule has 74 valence electrons. The Bertz CT molecular complexity index is 227. The van der Waals surface area contributed by atoms with Gasteiger partial charge in [0.2, 0.25) is 5.91 Å². The Labute approximate surface area is 77.3 Å². The topological polar surface area (TPSA) is 66.4 Å². The van der Waals surface area contributed by atoms with Crippen LogP contribution in [0, 0.1) is 5.41 Å². The van der Waals surface area contributed by atoms with Crippen LogP contribution in [-0.2, 0) is 9.59 Å². The van der Waals surface area contributed by atoms with E-state index in [1.54, 1.807) is 0 Å². The molecule has 1 heterocycles. The van der Waals surface area contributed by atoms with Gasteiger partial charge < -0.3 is 10.4 Å². The summed E-state index contributed by atoms with van der Waals surface area (Å²) in [5, 5.41) is 11.7. The van der Waals surface area contributed by atoms with Crippen LogP contribution in [0.15, 0.2) is 0 Å². The molecule has 4 heteroatoms. The van der Waals surface area contributed by atoms with E-state index in [-0.39, 0.29) is 5.91 Å². The second-order valence-corrected chi connectivity index (χ2v) is 3.54. The molecule has 1 unspecified atom stereocenters. The van der Waals surface area contributed by atoms with Crippen LogP contribution in [0.3, 0.4) is 0 Å². The van der Waals surface area contributed by atoms with E-state index in [4.69, 9.17) is 5.11 Å². The lowest BCUT2D eigenvalue weighted by Gasteiger charge is -2.25. The van der Waals surface area contributed by atoms with E-state index in [1.165, 1.54) is 0 Å².